The van der Waals surface area contributed by atoms with Crippen LogP contribution >= 0.6 is 11.6 Å². The van der Waals surface area contributed by atoms with Crippen molar-refractivity contribution in [2.75, 3.05) is 25.0 Å². The summed E-state index contributed by atoms with van der Waals surface area (Å²) in [7, 11) is 0. The van der Waals surface area contributed by atoms with Crippen molar-refractivity contribution in [1.82, 2.24) is 24.5 Å². The maximum Gasteiger partial charge on any atom is 0.254 e. The first-order valence-electron chi connectivity index (χ1n) is 9.16. The Kier molecular flexibility index (Phi) is 5.04. The Balaban J connectivity index is 1.41. The fraction of sp³-hybridized carbons (Fsp3) is 0.421. The average molecular weight is 371 g/mol. The van der Waals surface area contributed by atoms with Gasteiger partial charge in [0.25, 0.3) is 5.78 Å². The number of nitrogens with zero attached hydrogens (tertiary/aromatic N) is 5. The summed E-state index contributed by atoms with van der Waals surface area (Å²) in [5.41, 5.74) is 3.70. The van der Waals surface area contributed by atoms with Crippen molar-refractivity contribution < 1.29 is 0 Å². The SMILES string of the molecule is CCCc1cc(NCCN2CCc3c(Cl)cccc3C2)n2ncnc2n1. The minimum absolute atomic E-state index is 0.653. The minimum Gasteiger partial charge on any atom is -0.369 e. The molecule has 1 aromatic carbocycles. The van der Waals surface area contributed by atoms with Gasteiger partial charge in [-0.25, -0.2) is 4.98 Å². The van der Waals surface area contributed by atoms with E-state index in [0.29, 0.717) is 5.78 Å². The van der Waals surface area contributed by atoms with Gasteiger partial charge in [-0.3, -0.25) is 4.90 Å². The second kappa shape index (κ2) is 7.60. The van der Waals surface area contributed by atoms with Crippen LogP contribution < -0.4 is 5.32 Å². The highest BCUT2D eigenvalue weighted by molar-refractivity contribution is 6.31. The second-order valence-corrected chi connectivity index (χ2v) is 7.09. The van der Waals surface area contributed by atoms with Crippen LogP contribution in [0, 0.1) is 0 Å². The van der Waals surface area contributed by atoms with Crippen molar-refractivity contribution in [3.8, 4) is 0 Å². The topological polar surface area (TPSA) is 58.4 Å². The first kappa shape index (κ1) is 17.2. The summed E-state index contributed by atoms with van der Waals surface area (Å²) in [5.74, 6) is 1.61. The Hall–Kier alpha value is -2.18. The number of fused-ring (bicyclic) bond motifs is 2. The molecule has 0 saturated carbocycles. The van der Waals surface area contributed by atoms with E-state index in [1.165, 1.54) is 11.1 Å². The largest absolute Gasteiger partial charge is 0.369 e. The Morgan fingerprint density at radius 3 is 3.12 bits per heavy atom. The number of benzene rings is 1. The predicted octanol–water partition coefficient (Wildman–Crippen LogP) is 3.20. The molecule has 1 aliphatic rings. The Morgan fingerprint density at radius 1 is 1.31 bits per heavy atom. The van der Waals surface area contributed by atoms with Crippen LogP contribution in [0.5, 0.6) is 0 Å². The van der Waals surface area contributed by atoms with Gasteiger partial charge in [0.05, 0.1) is 0 Å². The van der Waals surface area contributed by atoms with Crippen molar-refractivity contribution in [1.29, 1.82) is 0 Å². The van der Waals surface area contributed by atoms with Crippen LogP contribution in [-0.4, -0.2) is 44.1 Å². The average Bonchev–Trinajstić information content (AvgIpc) is 3.11. The molecule has 3 heterocycles. The predicted molar refractivity (Wildman–Crippen MR) is 104 cm³/mol. The van der Waals surface area contributed by atoms with Gasteiger partial charge >= 0.3 is 0 Å². The molecule has 0 atom stereocenters. The van der Waals surface area contributed by atoms with Gasteiger partial charge in [0, 0.05) is 43.0 Å². The number of anilines is 1. The third kappa shape index (κ3) is 3.52. The van der Waals surface area contributed by atoms with Crippen LogP contribution in [0.4, 0.5) is 5.82 Å². The van der Waals surface area contributed by atoms with E-state index in [9.17, 15) is 0 Å². The number of aromatic nitrogens is 4. The summed E-state index contributed by atoms with van der Waals surface area (Å²) in [6.45, 7) is 5.96. The molecule has 3 aromatic rings. The fourth-order valence-corrected chi connectivity index (χ4v) is 3.81. The monoisotopic (exact) mass is 370 g/mol. The molecule has 0 fully saturated rings. The molecule has 1 N–H and O–H groups in total. The van der Waals surface area contributed by atoms with Gasteiger partial charge in [0.15, 0.2) is 0 Å². The van der Waals surface area contributed by atoms with E-state index in [-0.39, 0.29) is 0 Å². The normalized spacial score (nSPS) is 14.5. The van der Waals surface area contributed by atoms with Crippen LogP contribution in [0.2, 0.25) is 5.02 Å². The zero-order chi connectivity index (χ0) is 17.9. The summed E-state index contributed by atoms with van der Waals surface area (Å²) >= 11 is 6.31. The number of hydrogen-bond donors (Lipinski definition) is 1. The van der Waals surface area contributed by atoms with Gasteiger partial charge < -0.3 is 5.32 Å². The first-order valence-corrected chi connectivity index (χ1v) is 9.54. The van der Waals surface area contributed by atoms with E-state index in [4.69, 9.17) is 11.6 Å². The van der Waals surface area contributed by atoms with E-state index in [1.54, 1.807) is 10.8 Å². The number of aryl methyl sites for hydroxylation is 1. The van der Waals surface area contributed by atoms with Gasteiger partial charge in [-0.1, -0.05) is 37.1 Å². The van der Waals surface area contributed by atoms with Gasteiger partial charge in [0.1, 0.15) is 12.1 Å². The molecule has 136 valence electrons. The standard InChI is InChI=1S/C19H23ClN6/c1-2-4-15-11-18(26-19(24-15)22-13-23-26)21-8-10-25-9-7-16-14(12-25)5-3-6-17(16)20/h3,5-6,11,13,21H,2,4,7-10,12H2,1H3. The summed E-state index contributed by atoms with van der Waals surface area (Å²) in [6.07, 6.45) is 4.57. The van der Waals surface area contributed by atoms with Crippen LogP contribution in [0.3, 0.4) is 0 Å². The Morgan fingerprint density at radius 2 is 2.23 bits per heavy atom. The van der Waals surface area contributed by atoms with Crippen molar-refractivity contribution in [2.45, 2.75) is 32.7 Å². The van der Waals surface area contributed by atoms with E-state index in [0.717, 1.165) is 62.0 Å². The molecular weight excluding hydrogens is 348 g/mol. The Labute approximate surface area is 158 Å². The lowest BCUT2D eigenvalue weighted by Gasteiger charge is -2.29. The summed E-state index contributed by atoms with van der Waals surface area (Å²) in [6, 6.07) is 8.28. The van der Waals surface area contributed by atoms with E-state index < -0.39 is 0 Å². The highest BCUT2D eigenvalue weighted by Crippen LogP contribution is 2.25. The van der Waals surface area contributed by atoms with Crippen molar-refractivity contribution >= 4 is 23.2 Å². The first-order chi connectivity index (χ1) is 12.7. The van der Waals surface area contributed by atoms with Gasteiger partial charge in [-0.05, 0) is 30.0 Å². The molecule has 0 spiro atoms. The molecule has 1 aliphatic heterocycles. The number of hydrogen-bond acceptors (Lipinski definition) is 5. The van der Waals surface area contributed by atoms with Crippen LogP contribution in [0.1, 0.15) is 30.2 Å². The van der Waals surface area contributed by atoms with Crippen LogP contribution in [-0.2, 0) is 19.4 Å². The molecule has 0 amide bonds. The maximum absolute atomic E-state index is 6.31. The summed E-state index contributed by atoms with van der Waals surface area (Å²) in [4.78, 5) is 11.2. The highest BCUT2D eigenvalue weighted by Gasteiger charge is 2.17. The molecule has 0 saturated heterocycles. The van der Waals surface area contributed by atoms with Crippen LogP contribution in [0.25, 0.3) is 5.78 Å². The third-order valence-corrected chi connectivity index (χ3v) is 5.19. The lowest BCUT2D eigenvalue weighted by atomic mass is 10.00. The lowest BCUT2D eigenvalue weighted by Crippen LogP contribution is -2.34. The molecule has 0 bridgehead atoms. The minimum atomic E-state index is 0.653. The molecule has 2 aromatic heterocycles. The molecule has 26 heavy (non-hydrogen) atoms. The van der Waals surface area contributed by atoms with E-state index in [1.807, 2.05) is 12.1 Å². The maximum atomic E-state index is 6.31. The highest BCUT2D eigenvalue weighted by atomic mass is 35.5. The number of rotatable bonds is 6. The van der Waals surface area contributed by atoms with Crippen molar-refractivity contribution in [3.63, 3.8) is 0 Å². The van der Waals surface area contributed by atoms with Crippen LogP contribution in [0.15, 0.2) is 30.6 Å². The summed E-state index contributed by atoms with van der Waals surface area (Å²) in [5, 5.41) is 8.68. The Bertz CT molecular complexity index is 906. The van der Waals surface area contributed by atoms with E-state index >= 15 is 0 Å². The third-order valence-electron chi connectivity index (χ3n) is 4.83. The molecule has 0 radical (unpaired) electrons. The van der Waals surface area contributed by atoms with Crippen molar-refractivity contribution in [2.24, 2.45) is 0 Å². The molecule has 7 heteroatoms. The van der Waals surface area contributed by atoms with E-state index in [2.05, 4.69) is 44.3 Å². The molecule has 6 nitrogen and oxygen atoms in total. The molecule has 0 unspecified atom stereocenters. The number of nitrogens with one attached hydrogen (secondary N) is 1. The van der Waals surface area contributed by atoms with Crippen molar-refractivity contribution in [3.05, 3.63) is 52.4 Å². The fourth-order valence-electron chi connectivity index (χ4n) is 3.53. The van der Waals surface area contributed by atoms with Gasteiger partial charge in [0.2, 0.25) is 0 Å². The molecule has 4 rings (SSSR count). The lowest BCUT2D eigenvalue weighted by molar-refractivity contribution is 0.264. The molecular formula is C19H23ClN6. The zero-order valence-corrected chi connectivity index (χ0v) is 15.7. The zero-order valence-electron chi connectivity index (χ0n) is 15.0. The second-order valence-electron chi connectivity index (χ2n) is 6.68. The molecule has 0 aliphatic carbocycles. The van der Waals surface area contributed by atoms with Gasteiger partial charge in [-0.2, -0.15) is 14.6 Å². The quantitative estimate of drug-likeness (QED) is 0.722. The summed E-state index contributed by atoms with van der Waals surface area (Å²) < 4.78 is 1.77. The smallest absolute Gasteiger partial charge is 0.254 e. The van der Waals surface area contributed by atoms with Gasteiger partial charge in [-0.15, -0.1) is 0 Å². The number of halogens is 1.